The van der Waals surface area contributed by atoms with Crippen LogP contribution in [0.25, 0.3) is 11.3 Å². The molecule has 9 heteroatoms. The average molecular weight is 464 g/mol. The number of hydrogen-bond donors (Lipinski definition) is 2. The van der Waals surface area contributed by atoms with E-state index in [-0.39, 0.29) is 17.7 Å². The normalized spacial score (nSPS) is 18.9. The number of rotatable bonds is 7. The van der Waals surface area contributed by atoms with Gasteiger partial charge in [0.1, 0.15) is 17.6 Å². The number of nitrogens with one attached hydrogen (secondary N) is 2. The molecular weight excluding hydrogens is 430 g/mol. The maximum atomic E-state index is 13.4. The van der Waals surface area contributed by atoms with E-state index in [1.54, 1.807) is 33.9 Å². The van der Waals surface area contributed by atoms with E-state index in [0.717, 1.165) is 42.5 Å². The van der Waals surface area contributed by atoms with Crippen molar-refractivity contribution in [1.29, 1.82) is 0 Å². The Kier molecular flexibility index (Phi) is 7.09. The second kappa shape index (κ2) is 10.2. The molecule has 0 saturated heterocycles. The van der Waals surface area contributed by atoms with E-state index in [2.05, 4.69) is 32.7 Å². The zero-order valence-electron chi connectivity index (χ0n) is 20.3. The molecule has 0 spiro atoms. The summed E-state index contributed by atoms with van der Waals surface area (Å²) in [5, 5.41) is 14.4. The highest BCUT2D eigenvalue weighted by Gasteiger charge is 2.33. The molecule has 1 atom stereocenters. The number of carbonyl (C=O) groups excluding carboxylic acids is 2. The number of nitrogens with zero attached hydrogens (tertiary/aromatic N) is 5. The summed E-state index contributed by atoms with van der Waals surface area (Å²) >= 11 is 0. The first-order valence-electron chi connectivity index (χ1n) is 12.0. The molecule has 2 N–H and O–H groups in total. The summed E-state index contributed by atoms with van der Waals surface area (Å²) in [5.74, 6) is 0.646. The number of amides is 2. The van der Waals surface area contributed by atoms with Crippen LogP contribution in [-0.2, 0) is 18.4 Å². The minimum absolute atomic E-state index is 0.0783. The van der Waals surface area contributed by atoms with Crippen LogP contribution >= 0.6 is 0 Å². The van der Waals surface area contributed by atoms with Crippen molar-refractivity contribution < 1.29 is 9.59 Å². The largest absolute Gasteiger partial charge is 0.339 e. The molecule has 180 valence electrons. The molecule has 3 aromatic heterocycles. The molecule has 1 fully saturated rings. The van der Waals surface area contributed by atoms with Gasteiger partial charge in [-0.2, -0.15) is 10.2 Å². The average Bonchev–Trinajstić information content (AvgIpc) is 3.45. The maximum Gasteiger partial charge on any atom is 0.270 e. The van der Waals surface area contributed by atoms with Crippen LogP contribution in [0.15, 0.2) is 36.8 Å². The highest BCUT2D eigenvalue weighted by Crippen LogP contribution is 2.31. The lowest BCUT2D eigenvalue weighted by atomic mass is 9.79. The van der Waals surface area contributed by atoms with Gasteiger partial charge in [-0.1, -0.05) is 19.8 Å². The summed E-state index contributed by atoms with van der Waals surface area (Å²) in [7, 11) is 1.89. The van der Waals surface area contributed by atoms with Crippen molar-refractivity contribution in [2.75, 3.05) is 5.32 Å². The van der Waals surface area contributed by atoms with Crippen LogP contribution < -0.4 is 10.6 Å². The molecule has 3 aromatic rings. The van der Waals surface area contributed by atoms with Crippen molar-refractivity contribution in [3.63, 3.8) is 0 Å². The van der Waals surface area contributed by atoms with E-state index in [4.69, 9.17) is 0 Å². The molecule has 9 nitrogen and oxygen atoms in total. The number of aromatic nitrogens is 5. The first kappa shape index (κ1) is 23.7. The van der Waals surface area contributed by atoms with Crippen molar-refractivity contribution in [3.05, 3.63) is 48.0 Å². The SMILES string of the molecule is CCn1nccc1C(=O)N[C@H](C(=O)Nc1ccc(-c2c(C)cnn2C)cn1)[C@H]1CC[C@H](C)CC1. The molecule has 4 rings (SSSR count). The van der Waals surface area contributed by atoms with E-state index >= 15 is 0 Å². The van der Waals surface area contributed by atoms with Crippen LogP contribution in [0.2, 0.25) is 0 Å². The van der Waals surface area contributed by atoms with Crippen molar-refractivity contribution in [2.45, 2.75) is 59.0 Å². The molecule has 1 saturated carbocycles. The number of hydrogen-bond acceptors (Lipinski definition) is 5. The van der Waals surface area contributed by atoms with Crippen LogP contribution in [-0.4, -0.2) is 42.4 Å². The maximum absolute atomic E-state index is 13.4. The predicted molar refractivity (Wildman–Crippen MR) is 130 cm³/mol. The lowest BCUT2D eigenvalue weighted by Crippen LogP contribution is -2.49. The Morgan fingerprint density at radius 2 is 1.88 bits per heavy atom. The topological polar surface area (TPSA) is 107 Å². The Balaban J connectivity index is 1.51. The lowest BCUT2D eigenvalue weighted by Gasteiger charge is -2.32. The Bertz CT molecular complexity index is 1120. The van der Waals surface area contributed by atoms with Crippen LogP contribution in [0.5, 0.6) is 0 Å². The molecule has 0 bridgehead atoms. The monoisotopic (exact) mass is 463 g/mol. The third-order valence-electron chi connectivity index (χ3n) is 6.76. The molecular formula is C25H33N7O2. The third-order valence-corrected chi connectivity index (χ3v) is 6.76. The summed E-state index contributed by atoms with van der Waals surface area (Å²) in [4.78, 5) is 30.8. The summed E-state index contributed by atoms with van der Waals surface area (Å²) in [6.07, 6.45) is 9.05. The van der Waals surface area contributed by atoms with Gasteiger partial charge in [0.2, 0.25) is 5.91 Å². The van der Waals surface area contributed by atoms with Gasteiger partial charge in [0.25, 0.3) is 5.91 Å². The molecule has 34 heavy (non-hydrogen) atoms. The zero-order chi connectivity index (χ0) is 24.2. The molecule has 1 aliphatic carbocycles. The number of anilines is 1. The minimum Gasteiger partial charge on any atom is -0.339 e. The van der Waals surface area contributed by atoms with E-state index in [0.29, 0.717) is 24.0 Å². The Labute approximate surface area is 200 Å². The van der Waals surface area contributed by atoms with Gasteiger partial charge in [0, 0.05) is 31.5 Å². The molecule has 0 aromatic carbocycles. The third kappa shape index (κ3) is 5.03. The number of aryl methyl sites for hydroxylation is 3. The van der Waals surface area contributed by atoms with Gasteiger partial charge in [0.15, 0.2) is 0 Å². The summed E-state index contributed by atoms with van der Waals surface area (Å²) in [6, 6.07) is 4.74. The van der Waals surface area contributed by atoms with Gasteiger partial charge in [-0.15, -0.1) is 0 Å². The van der Waals surface area contributed by atoms with Gasteiger partial charge in [0.05, 0.1) is 11.9 Å². The van der Waals surface area contributed by atoms with Crippen molar-refractivity contribution in [3.8, 4) is 11.3 Å². The Morgan fingerprint density at radius 1 is 1.12 bits per heavy atom. The van der Waals surface area contributed by atoms with Gasteiger partial charge in [-0.05, 0) is 62.3 Å². The van der Waals surface area contributed by atoms with E-state index in [1.807, 2.05) is 33.2 Å². The molecule has 0 radical (unpaired) electrons. The smallest absolute Gasteiger partial charge is 0.270 e. The predicted octanol–water partition coefficient (Wildman–Crippen LogP) is 3.57. The second-order valence-electron chi connectivity index (χ2n) is 9.22. The zero-order valence-corrected chi connectivity index (χ0v) is 20.3. The highest BCUT2D eigenvalue weighted by atomic mass is 16.2. The molecule has 0 aliphatic heterocycles. The van der Waals surface area contributed by atoms with Gasteiger partial charge in [-0.3, -0.25) is 19.0 Å². The fraction of sp³-hybridized carbons (Fsp3) is 0.480. The van der Waals surface area contributed by atoms with E-state index in [9.17, 15) is 9.59 Å². The Hall–Kier alpha value is -3.49. The van der Waals surface area contributed by atoms with Crippen LogP contribution in [0.1, 0.15) is 55.6 Å². The summed E-state index contributed by atoms with van der Waals surface area (Å²) < 4.78 is 3.44. The van der Waals surface area contributed by atoms with Gasteiger partial charge < -0.3 is 10.6 Å². The standard InChI is InChI=1S/C25H33N7O2/c1-5-32-20(12-13-27-32)24(33)30-22(18-8-6-16(2)7-9-18)25(34)29-21-11-10-19(15-26-21)23-17(3)14-28-31(23)4/h10-16,18,22H,5-9H2,1-4H3,(H,30,33)(H,26,29,34)/t16-,18-,22-/m0/s1. The fourth-order valence-electron chi connectivity index (χ4n) is 4.78. The second-order valence-corrected chi connectivity index (χ2v) is 9.22. The Morgan fingerprint density at radius 3 is 2.50 bits per heavy atom. The number of carbonyl (C=O) groups is 2. The highest BCUT2D eigenvalue weighted by molar-refractivity contribution is 6.00. The summed E-state index contributed by atoms with van der Waals surface area (Å²) in [5.41, 5.74) is 3.43. The fourth-order valence-corrected chi connectivity index (χ4v) is 4.78. The molecule has 0 unspecified atom stereocenters. The van der Waals surface area contributed by atoms with Crippen LogP contribution in [0.4, 0.5) is 5.82 Å². The van der Waals surface area contributed by atoms with E-state index in [1.165, 1.54) is 0 Å². The molecule has 3 heterocycles. The van der Waals surface area contributed by atoms with Crippen LogP contribution in [0.3, 0.4) is 0 Å². The first-order chi connectivity index (χ1) is 16.4. The van der Waals surface area contributed by atoms with Crippen molar-refractivity contribution in [1.82, 2.24) is 29.9 Å². The quantitative estimate of drug-likeness (QED) is 0.557. The van der Waals surface area contributed by atoms with Crippen molar-refractivity contribution >= 4 is 17.6 Å². The van der Waals surface area contributed by atoms with Crippen molar-refractivity contribution in [2.24, 2.45) is 18.9 Å². The molecule has 1 aliphatic rings. The first-order valence-corrected chi connectivity index (χ1v) is 12.0. The minimum atomic E-state index is -0.638. The summed E-state index contributed by atoms with van der Waals surface area (Å²) in [6.45, 7) is 6.75. The molecule has 2 amide bonds. The number of pyridine rings is 1. The van der Waals surface area contributed by atoms with E-state index < -0.39 is 6.04 Å². The lowest BCUT2D eigenvalue weighted by molar-refractivity contribution is -0.119. The van der Waals surface area contributed by atoms with Gasteiger partial charge >= 0.3 is 0 Å². The van der Waals surface area contributed by atoms with Crippen LogP contribution in [0, 0.1) is 18.8 Å². The van der Waals surface area contributed by atoms with Gasteiger partial charge in [-0.25, -0.2) is 4.98 Å².